The average molecular weight is 510 g/mol. The molecule has 3 rings (SSSR count). The van der Waals surface area contributed by atoms with Crippen LogP contribution in [0.2, 0.25) is 0 Å². The van der Waals surface area contributed by atoms with Crippen molar-refractivity contribution < 1.29 is 28.6 Å². The van der Waals surface area contributed by atoms with Gasteiger partial charge in [-0.2, -0.15) is 0 Å². The summed E-state index contributed by atoms with van der Waals surface area (Å²) in [5, 5.41) is 3.12. The predicted molar refractivity (Wildman–Crippen MR) is 121 cm³/mol. The van der Waals surface area contributed by atoms with Gasteiger partial charge < -0.3 is 19.5 Å². The normalized spacial score (nSPS) is 14.8. The number of anilines is 1. The minimum atomic E-state index is -0.598. The van der Waals surface area contributed by atoms with Crippen LogP contribution < -0.4 is 10.1 Å². The Morgan fingerprint density at radius 2 is 1.97 bits per heavy atom. The highest BCUT2D eigenvalue weighted by Gasteiger charge is 2.38. The molecule has 1 aliphatic rings. The second-order valence-electron chi connectivity index (χ2n) is 7.42. The van der Waals surface area contributed by atoms with Crippen molar-refractivity contribution in [3.05, 3.63) is 44.2 Å². The third kappa shape index (κ3) is 4.93. The number of halogens is 1. The molecule has 1 heterocycles. The third-order valence-electron chi connectivity index (χ3n) is 5.11. The van der Waals surface area contributed by atoms with Gasteiger partial charge in [0.15, 0.2) is 6.61 Å². The number of esters is 2. The zero-order chi connectivity index (χ0) is 22.7. The number of carbonyl (C=O) groups excluding carboxylic acids is 3. The van der Waals surface area contributed by atoms with E-state index in [1.807, 2.05) is 32.0 Å². The zero-order valence-corrected chi connectivity index (χ0v) is 20.1. The third-order valence-corrected chi connectivity index (χ3v) is 6.79. The van der Waals surface area contributed by atoms with Crippen LogP contribution in [0.15, 0.2) is 22.7 Å². The van der Waals surface area contributed by atoms with Crippen molar-refractivity contribution in [1.29, 1.82) is 0 Å². The highest BCUT2D eigenvalue weighted by atomic mass is 79.9. The van der Waals surface area contributed by atoms with Gasteiger partial charge in [0.1, 0.15) is 10.8 Å². The van der Waals surface area contributed by atoms with Crippen LogP contribution in [0, 0.1) is 0 Å². The molecule has 0 bridgehead atoms. The number of hydrogen-bond acceptors (Lipinski definition) is 7. The largest absolute Gasteiger partial charge is 0.483 e. The number of nitrogens with one attached hydrogen (secondary N) is 1. The van der Waals surface area contributed by atoms with Crippen molar-refractivity contribution in [3.63, 3.8) is 0 Å². The highest BCUT2D eigenvalue weighted by molar-refractivity contribution is 9.10. The van der Waals surface area contributed by atoms with Crippen molar-refractivity contribution in [3.8, 4) is 5.75 Å². The highest BCUT2D eigenvalue weighted by Crippen LogP contribution is 2.45. The molecular weight excluding hydrogens is 486 g/mol. The van der Waals surface area contributed by atoms with Crippen LogP contribution >= 0.6 is 27.3 Å². The van der Waals surface area contributed by atoms with E-state index in [1.54, 1.807) is 0 Å². The summed E-state index contributed by atoms with van der Waals surface area (Å²) in [4.78, 5) is 38.1. The molecule has 1 aromatic heterocycles. The number of ether oxygens (including phenoxy) is 3. The van der Waals surface area contributed by atoms with E-state index >= 15 is 0 Å². The van der Waals surface area contributed by atoms with Gasteiger partial charge in [-0.3, -0.25) is 9.59 Å². The number of rotatable bonds is 7. The Bertz CT molecular complexity index is 1020. The quantitative estimate of drug-likeness (QED) is 0.546. The summed E-state index contributed by atoms with van der Waals surface area (Å²) in [7, 11) is 2.59. The number of aryl methyl sites for hydroxylation is 1. The Hall–Kier alpha value is -2.39. The predicted octanol–water partition coefficient (Wildman–Crippen LogP) is 4.64. The Labute approximate surface area is 193 Å². The van der Waals surface area contributed by atoms with Crippen LogP contribution in [0.3, 0.4) is 0 Å². The molecule has 1 N–H and O–H groups in total. The molecule has 0 spiro atoms. The lowest BCUT2D eigenvalue weighted by molar-refractivity contribution is -0.142. The maximum Gasteiger partial charge on any atom is 0.341 e. The zero-order valence-electron chi connectivity index (χ0n) is 17.7. The molecule has 31 heavy (non-hydrogen) atoms. The fourth-order valence-electron chi connectivity index (χ4n) is 3.64. The summed E-state index contributed by atoms with van der Waals surface area (Å²) < 4.78 is 16.5. The summed E-state index contributed by atoms with van der Waals surface area (Å²) >= 11 is 4.73. The van der Waals surface area contributed by atoms with Crippen LogP contribution in [-0.2, 0) is 25.5 Å². The molecule has 1 amide bonds. The number of carbonyl (C=O) groups is 3. The first kappa shape index (κ1) is 23.3. The Morgan fingerprint density at radius 1 is 1.23 bits per heavy atom. The summed E-state index contributed by atoms with van der Waals surface area (Å²) in [5.41, 5.74) is 1.79. The SMILES string of the molecule is COC(=O)c1c(NC(=O)COc2ccc(Br)cc2C(C)C)sc2c1C(C(=O)OC)CC2. The van der Waals surface area contributed by atoms with Crippen LogP contribution in [0.4, 0.5) is 5.00 Å². The molecule has 1 unspecified atom stereocenters. The van der Waals surface area contributed by atoms with E-state index in [0.29, 0.717) is 29.2 Å². The molecular formula is C22H24BrNO6S. The molecule has 0 saturated carbocycles. The molecule has 0 saturated heterocycles. The van der Waals surface area contributed by atoms with E-state index in [0.717, 1.165) is 14.9 Å². The van der Waals surface area contributed by atoms with Crippen molar-refractivity contribution in [1.82, 2.24) is 0 Å². The lowest BCUT2D eigenvalue weighted by Gasteiger charge is -2.15. The summed E-state index contributed by atoms with van der Waals surface area (Å²) in [6.07, 6.45) is 1.20. The Balaban J connectivity index is 1.80. The summed E-state index contributed by atoms with van der Waals surface area (Å²) in [5.74, 6) is -1.10. The molecule has 0 radical (unpaired) electrons. The molecule has 7 nitrogen and oxygen atoms in total. The summed E-state index contributed by atoms with van der Waals surface area (Å²) in [6.45, 7) is 3.87. The number of thiophene rings is 1. The Kier molecular flexibility index (Phi) is 7.38. The second kappa shape index (κ2) is 9.82. The van der Waals surface area contributed by atoms with Gasteiger partial charge in [-0.05, 0) is 48.1 Å². The molecule has 166 valence electrons. The number of hydrogen-bond donors (Lipinski definition) is 1. The fraction of sp³-hybridized carbons (Fsp3) is 0.409. The number of amides is 1. The lowest BCUT2D eigenvalue weighted by atomic mass is 9.99. The molecule has 0 aliphatic heterocycles. The van der Waals surface area contributed by atoms with Crippen molar-refractivity contribution in [2.75, 3.05) is 26.1 Å². The van der Waals surface area contributed by atoms with Crippen LogP contribution in [0.25, 0.3) is 0 Å². The smallest absolute Gasteiger partial charge is 0.341 e. The molecule has 1 aromatic carbocycles. The first-order valence-electron chi connectivity index (χ1n) is 9.80. The standard InChI is InChI=1S/C22H24BrNO6S/c1-11(2)14-9-12(23)5-7-15(14)30-10-17(25)24-20-19(22(27)29-4)18-13(21(26)28-3)6-8-16(18)31-20/h5,7,9,11,13H,6,8,10H2,1-4H3,(H,24,25). The van der Waals surface area contributed by atoms with Gasteiger partial charge in [-0.1, -0.05) is 29.8 Å². The first-order chi connectivity index (χ1) is 14.8. The minimum Gasteiger partial charge on any atom is -0.483 e. The van der Waals surface area contributed by atoms with Gasteiger partial charge >= 0.3 is 11.9 Å². The lowest BCUT2D eigenvalue weighted by Crippen LogP contribution is -2.22. The van der Waals surface area contributed by atoms with Gasteiger partial charge in [0, 0.05) is 9.35 Å². The number of benzene rings is 1. The van der Waals surface area contributed by atoms with E-state index in [4.69, 9.17) is 14.2 Å². The number of methoxy groups -OCH3 is 2. The average Bonchev–Trinajstić information content (AvgIpc) is 3.30. The minimum absolute atomic E-state index is 0.217. The maximum atomic E-state index is 12.6. The van der Waals surface area contributed by atoms with E-state index in [9.17, 15) is 14.4 Å². The van der Waals surface area contributed by atoms with Gasteiger partial charge in [0.05, 0.1) is 25.7 Å². The monoisotopic (exact) mass is 509 g/mol. The first-order valence-corrected chi connectivity index (χ1v) is 11.4. The fourth-order valence-corrected chi connectivity index (χ4v) is 5.30. The molecule has 1 atom stereocenters. The van der Waals surface area contributed by atoms with Crippen molar-refractivity contribution in [2.24, 2.45) is 0 Å². The van der Waals surface area contributed by atoms with Gasteiger partial charge in [0.2, 0.25) is 0 Å². The van der Waals surface area contributed by atoms with Crippen molar-refractivity contribution in [2.45, 2.75) is 38.5 Å². The topological polar surface area (TPSA) is 90.9 Å². The van der Waals surface area contributed by atoms with Crippen LogP contribution in [0.1, 0.15) is 58.5 Å². The maximum absolute atomic E-state index is 12.6. The van der Waals surface area contributed by atoms with Gasteiger partial charge in [-0.15, -0.1) is 11.3 Å². The van der Waals surface area contributed by atoms with Crippen molar-refractivity contribution >= 4 is 50.1 Å². The van der Waals surface area contributed by atoms with E-state index in [1.165, 1.54) is 25.6 Å². The van der Waals surface area contributed by atoms with E-state index in [2.05, 4.69) is 21.2 Å². The molecule has 2 aromatic rings. The van der Waals surface area contributed by atoms with Gasteiger partial charge in [-0.25, -0.2) is 4.79 Å². The molecule has 1 aliphatic carbocycles. The van der Waals surface area contributed by atoms with E-state index in [-0.39, 0.29) is 18.1 Å². The van der Waals surface area contributed by atoms with Crippen LogP contribution in [-0.4, -0.2) is 38.7 Å². The van der Waals surface area contributed by atoms with Crippen LogP contribution in [0.5, 0.6) is 5.75 Å². The molecule has 9 heteroatoms. The molecule has 0 fully saturated rings. The number of fused-ring (bicyclic) bond motifs is 1. The Morgan fingerprint density at radius 3 is 2.61 bits per heavy atom. The summed E-state index contributed by atoms with van der Waals surface area (Å²) in [6, 6.07) is 5.63. The van der Waals surface area contributed by atoms with Gasteiger partial charge in [0.25, 0.3) is 5.91 Å². The van der Waals surface area contributed by atoms with E-state index < -0.39 is 23.8 Å². The second-order valence-corrected chi connectivity index (χ2v) is 9.44.